The van der Waals surface area contributed by atoms with Crippen molar-refractivity contribution in [1.29, 1.82) is 0 Å². The summed E-state index contributed by atoms with van der Waals surface area (Å²) in [6, 6.07) is 58.0. The van der Waals surface area contributed by atoms with E-state index in [2.05, 4.69) is 158 Å². The molecule has 1 heteroatoms. The first kappa shape index (κ1) is 25.3. The molecule has 0 radical (unpaired) electrons. The lowest BCUT2D eigenvalue weighted by Gasteiger charge is -2.15. The molecule has 0 spiro atoms. The summed E-state index contributed by atoms with van der Waals surface area (Å²) < 4.78 is 2.70. The van der Waals surface area contributed by atoms with E-state index >= 15 is 0 Å². The fourth-order valence-corrected chi connectivity index (χ4v) is 8.21. The normalized spacial score (nSPS) is 12.0. The van der Waals surface area contributed by atoms with Crippen LogP contribution >= 0.6 is 11.3 Å². The summed E-state index contributed by atoms with van der Waals surface area (Å²) >= 11 is 1.90. The van der Waals surface area contributed by atoms with Crippen LogP contribution in [0.15, 0.2) is 158 Å². The van der Waals surface area contributed by atoms with Gasteiger partial charge in [-0.15, -0.1) is 11.3 Å². The average molecular weight is 577 g/mol. The van der Waals surface area contributed by atoms with Gasteiger partial charge >= 0.3 is 0 Å². The molecule has 1 heterocycles. The minimum atomic E-state index is 0.963. The fourth-order valence-electron chi connectivity index (χ4n) is 6.97. The molecule has 1 aliphatic rings. The van der Waals surface area contributed by atoms with Gasteiger partial charge < -0.3 is 0 Å². The molecule has 0 N–H and O–H groups in total. The molecule has 1 aliphatic carbocycles. The highest BCUT2D eigenvalue weighted by Crippen LogP contribution is 2.47. The molecule has 206 valence electrons. The second kappa shape index (κ2) is 10.2. The van der Waals surface area contributed by atoms with Gasteiger partial charge in [-0.1, -0.05) is 133 Å². The van der Waals surface area contributed by atoms with Crippen molar-refractivity contribution in [3.63, 3.8) is 0 Å². The number of rotatable bonds is 4. The van der Waals surface area contributed by atoms with Crippen molar-refractivity contribution in [3.05, 3.63) is 169 Å². The molecule has 0 unspecified atom stereocenters. The van der Waals surface area contributed by atoms with E-state index in [1.165, 1.54) is 86.9 Å². The highest BCUT2D eigenvalue weighted by molar-refractivity contribution is 7.26. The molecule has 0 atom stereocenters. The van der Waals surface area contributed by atoms with Crippen LogP contribution in [-0.2, 0) is 6.42 Å². The Hall–Kier alpha value is -5.24. The Kier molecular flexibility index (Phi) is 5.85. The van der Waals surface area contributed by atoms with E-state index in [0.29, 0.717) is 0 Å². The van der Waals surface area contributed by atoms with Crippen LogP contribution in [0.3, 0.4) is 0 Å². The zero-order valence-electron chi connectivity index (χ0n) is 24.1. The molecule has 1 aromatic heterocycles. The van der Waals surface area contributed by atoms with Gasteiger partial charge in [0.2, 0.25) is 0 Å². The second-order valence-electron chi connectivity index (χ2n) is 11.7. The lowest BCUT2D eigenvalue weighted by molar-refractivity contribution is 1.26. The van der Waals surface area contributed by atoms with E-state index in [0.717, 1.165) is 6.42 Å². The van der Waals surface area contributed by atoms with Crippen molar-refractivity contribution in [2.45, 2.75) is 6.42 Å². The van der Waals surface area contributed by atoms with Gasteiger partial charge in [-0.3, -0.25) is 0 Å². The van der Waals surface area contributed by atoms with Crippen LogP contribution in [0.5, 0.6) is 0 Å². The summed E-state index contributed by atoms with van der Waals surface area (Å²) in [5.74, 6) is 0. The monoisotopic (exact) mass is 576 g/mol. The predicted octanol–water partition coefficient (Wildman–Crippen LogP) is 12.3. The summed E-state index contributed by atoms with van der Waals surface area (Å²) in [4.78, 5) is 0. The van der Waals surface area contributed by atoms with E-state index in [1.807, 2.05) is 11.3 Å². The quantitative estimate of drug-likeness (QED) is 0.195. The van der Waals surface area contributed by atoms with Gasteiger partial charge in [0.25, 0.3) is 0 Å². The Balaban J connectivity index is 1.21. The van der Waals surface area contributed by atoms with Gasteiger partial charge in [-0.05, 0) is 97.4 Å². The summed E-state index contributed by atoms with van der Waals surface area (Å²) in [7, 11) is 0. The van der Waals surface area contributed by atoms with Crippen LogP contribution in [0.25, 0.3) is 75.8 Å². The SMILES string of the molecule is c1ccc(-c2ccc(-c3cccc(-c4cc(-c5cccc6c5sc5ccccc56)cc5c4Cc4ccccc4-5)c3)cc2)cc1. The molecule has 0 nitrogen and oxygen atoms in total. The number of hydrogen-bond acceptors (Lipinski definition) is 1. The molecule has 0 bridgehead atoms. The minimum absolute atomic E-state index is 0.963. The summed E-state index contributed by atoms with van der Waals surface area (Å²) in [5, 5.41) is 2.68. The number of hydrogen-bond donors (Lipinski definition) is 0. The van der Waals surface area contributed by atoms with Gasteiger partial charge in [0.15, 0.2) is 0 Å². The van der Waals surface area contributed by atoms with E-state index in [4.69, 9.17) is 0 Å². The maximum absolute atomic E-state index is 2.45. The highest BCUT2D eigenvalue weighted by atomic mass is 32.1. The van der Waals surface area contributed by atoms with Crippen molar-refractivity contribution in [3.8, 4) is 55.6 Å². The van der Waals surface area contributed by atoms with Gasteiger partial charge in [0, 0.05) is 20.2 Å². The maximum Gasteiger partial charge on any atom is 0.0433 e. The molecule has 44 heavy (non-hydrogen) atoms. The van der Waals surface area contributed by atoms with Gasteiger partial charge in [-0.2, -0.15) is 0 Å². The third kappa shape index (κ3) is 4.12. The summed E-state index contributed by atoms with van der Waals surface area (Å²) in [6.07, 6.45) is 0.963. The summed E-state index contributed by atoms with van der Waals surface area (Å²) in [5.41, 5.74) is 15.7. The van der Waals surface area contributed by atoms with Gasteiger partial charge in [0.05, 0.1) is 0 Å². The van der Waals surface area contributed by atoms with Gasteiger partial charge in [-0.25, -0.2) is 0 Å². The van der Waals surface area contributed by atoms with Crippen LogP contribution in [0, 0.1) is 0 Å². The number of benzene rings is 7. The zero-order chi connectivity index (χ0) is 29.0. The lowest BCUT2D eigenvalue weighted by Crippen LogP contribution is -1.91. The Labute approximate surface area is 261 Å². The van der Waals surface area contributed by atoms with E-state index in [9.17, 15) is 0 Å². The van der Waals surface area contributed by atoms with E-state index < -0.39 is 0 Å². The molecule has 8 aromatic rings. The van der Waals surface area contributed by atoms with Crippen LogP contribution in [0.1, 0.15) is 11.1 Å². The molecule has 0 saturated heterocycles. The predicted molar refractivity (Wildman–Crippen MR) is 189 cm³/mol. The Morgan fingerprint density at radius 3 is 1.86 bits per heavy atom. The maximum atomic E-state index is 2.45. The van der Waals surface area contributed by atoms with Crippen LogP contribution < -0.4 is 0 Å². The lowest BCUT2D eigenvalue weighted by atomic mass is 9.89. The molecule has 0 amide bonds. The Morgan fingerprint density at radius 1 is 0.364 bits per heavy atom. The molecule has 0 fully saturated rings. The second-order valence-corrected chi connectivity index (χ2v) is 12.7. The number of thiophene rings is 1. The van der Waals surface area contributed by atoms with Crippen molar-refractivity contribution in [1.82, 2.24) is 0 Å². The molecule has 0 aliphatic heterocycles. The molecule has 7 aromatic carbocycles. The highest BCUT2D eigenvalue weighted by Gasteiger charge is 2.24. The third-order valence-electron chi connectivity index (χ3n) is 9.14. The number of fused-ring (bicyclic) bond motifs is 6. The molecular formula is C43H28S. The fraction of sp³-hybridized carbons (Fsp3) is 0.0233. The zero-order valence-corrected chi connectivity index (χ0v) is 24.9. The largest absolute Gasteiger partial charge is 0.135 e. The minimum Gasteiger partial charge on any atom is -0.135 e. The molecule has 9 rings (SSSR count). The van der Waals surface area contributed by atoms with E-state index in [-0.39, 0.29) is 0 Å². The van der Waals surface area contributed by atoms with Crippen LogP contribution in [0.2, 0.25) is 0 Å². The topological polar surface area (TPSA) is 0 Å². The van der Waals surface area contributed by atoms with Gasteiger partial charge in [0.1, 0.15) is 0 Å². The van der Waals surface area contributed by atoms with Crippen molar-refractivity contribution < 1.29 is 0 Å². The van der Waals surface area contributed by atoms with Crippen LogP contribution in [-0.4, -0.2) is 0 Å². The van der Waals surface area contributed by atoms with Crippen molar-refractivity contribution in [2.75, 3.05) is 0 Å². The first-order valence-corrected chi connectivity index (χ1v) is 16.0. The van der Waals surface area contributed by atoms with Crippen molar-refractivity contribution in [2.24, 2.45) is 0 Å². The first-order chi connectivity index (χ1) is 21.8. The van der Waals surface area contributed by atoms with Crippen LogP contribution in [0.4, 0.5) is 0 Å². The smallest absolute Gasteiger partial charge is 0.0433 e. The Morgan fingerprint density at radius 2 is 0.977 bits per heavy atom. The van der Waals surface area contributed by atoms with Crippen molar-refractivity contribution >= 4 is 31.5 Å². The van der Waals surface area contributed by atoms with E-state index in [1.54, 1.807) is 0 Å². The Bertz CT molecular complexity index is 2340. The summed E-state index contributed by atoms with van der Waals surface area (Å²) in [6.45, 7) is 0. The molecular weight excluding hydrogens is 549 g/mol. The molecule has 0 saturated carbocycles. The first-order valence-electron chi connectivity index (χ1n) is 15.2. The standard InChI is InChI=1S/C43H28S/c1-2-10-28(11-3-1)29-20-22-30(23-21-29)31-13-8-14-32(24-31)39-26-34(27-40-35-15-5-4-12-33(35)25-41(39)40)36-17-9-18-38-37-16-6-7-19-42(37)44-43(36)38/h1-24,26-27H,25H2. The third-order valence-corrected chi connectivity index (χ3v) is 10.4. The average Bonchev–Trinajstić information content (AvgIpc) is 3.67.